The van der Waals surface area contributed by atoms with Gasteiger partial charge < -0.3 is 5.32 Å². The summed E-state index contributed by atoms with van der Waals surface area (Å²) in [5.74, 6) is 0.693. The van der Waals surface area contributed by atoms with Crippen LogP contribution in [0.25, 0.3) is 17.1 Å². The van der Waals surface area contributed by atoms with Crippen molar-refractivity contribution in [2.24, 2.45) is 0 Å². The van der Waals surface area contributed by atoms with Gasteiger partial charge in [-0.2, -0.15) is 5.10 Å². The SMILES string of the molecule is Cc1c([C@@H](C)NCc2cnc(-c3ccc(Cl)cc3)nc2)cnn1-c1ccccc1. The maximum Gasteiger partial charge on any atom is 0.159 e. The summed E-state index contributed by atoms with van der Waals surface area (Å²) in [5, 5.41) is 8.80. The normalized spacial score (nSPS) is 12.1. The van der Waals surface area contributed by atoms with E-state index in [0.717, 1.165) is 22.5 Å². The highest BCUT2D eigenvalue weighted by Gasteiger charge is 2.14. The predicted octanol–water partition coefficient (Wildman–Crippen LogP) is 5.14. The molecule has 1 N–H and O–H groups in total. The maximum atomic E-state index is 5.94. The second-order valence-corrected chi connectivity index (χ2v) is 7.39. The van der Waals surface area contributed by atoms with Crippen molar-refractivity contribution in [2.45, 2.75) is 26.4 Å². The minimum atomic E-state index is 0.156. The lowest BCUT2D eigenvalue weighted by Crippen LogP contribution is -2.19. The molecule has 6 heteroatoms. The number of halogens is 1. The third kappa shape index (κ3) is 4.36. The molecule has 0 radical (unpaired) electrons. The second-order valence-electron chi connectivity index (χ2n) is 6.96. The monoisotopic (exact) mass is 403 g/mol. The number of para-hydroxylation sites is 1. The Balaban J connectivity index is 1.41. The number of rotatable bonds is 6. The molecule has 0 amide bonds. The van der Waals surface area contributed by atoms with Crippen LogP contribution in [-0.4, -0.2) is 19.7 Å². The van der Waals surface area contributed by atoms with Crippen LogP contribution in [0.3, 0.4) is 0 Å². The molecule has 0 aliphatic rings. The fourth-order valence-corrected chi connectivity index (χ4v) is 3.38. The van der Waals surface area contributed by atoms with Gasteiger partial charge in [0.15, 0.2) is 5.82 Å². The van der Waals surface area contributed by atoms with Crippen LogP contribution in [0.5, 0.6) is 0 Å². The molecule has 2 aromatic heterocycles. The molecule has 4 rings (SSSR count). The molecule has 0 aliphatic heterocycles. The van der Waals surface area contributed by atoms with E-state index in [1.807, 2.05) is 65.7 Å². The van der Waals surface area contributed by atoms with Crippen molar-refractivity contribution in [2.75, 3.05) is 0 Å². The van der Waals surface area contributed by atoms with Gasteiger partial charge in [0.05, 0.1) is 11.9 Å². The third-order valence-electron chi connectivity index (χ3n) is 4.94. The van der Waals surface area contributed by atoms with E-state index in [1.54, 1.807) is 0 Å². The minimum absolute atomic E-state index is 0.156. The van der Waals surface area contributed by atoms with Gasteiger partial charge in [0.25, 0.3) is 0 Å². The molecule has 4 aromatic rings. The Hall–Kier alpha value is -3.02. The van der Waals surface area contributed by atoms with Crippen LogP contribution in [0.15, 0.2) is 73.2 Å². The van der Waals surface area contributed by atoms with Crippen LogP contribution in [0, 0.1) is 6.92 Å². The number of nitrogens with zero attached hydrogens (tertiary/aromatic N) is 4. The van der Waals surface area contributed by atoms with Crippen LogP contribution in [0.4, 0.5) is 0 Å². The van der Waals surface area contributed by atoms with E-state index < -0.39 is 0 Å². The van der Waals surface area contributed by atoms with Crippen molar-refractivity contribution >= 4 is 11.6 Å². The van der Waals surface area contributed by atoms with Crippen LogP contribution in [-0.2, 0) is 6.54 Å². The van der Waals surface area contributed by atoms with Crippen molar-refractivity contribution in [1.29, 1.82) is 0 Å². The van der Waals surface area contributed by atoms with Gasteiger partial charge in [-0.25, -0.2) is 14.6 Å². The zero-order valence-corrected chi connectivity index (χ0v) is 17.1. The highest BCUT2D eigenvalue weighted by Crippen LogP contribution is 2.21. The Bertz CT molecular complexity index is 1070. The van der Waals surface area contributed by atoms with E-state index in [2.05, 4.69) is 46.4 Å². The largest absolute Gasteiger partial charge is 0.306 e. The van der Waals surface area contributed by atoms with E-state index in [-0.39, 0.29) is 6.04 Å². The van der Waals surface area contributed by atoms with Crippen molar-refractivity contribution in [1.82, 2.24) is 25.1 Å². The Morgan fingerprint density at radius 3 is 2.34 bits per heavy atom. The summed E-state index contributed by atoms with van der Waals surface area (Å²) in [4.78, 5) is 8.96. The van der Waals surface area contributed by atoms with Crippen LogP contribution < -0.4 is 5.32 Å². The zero-order valence-electron chi connectivity index (χ0n) is 16.4. The lowest BCUT2D eigenvalue weighted by Gasteiger charge is -2.14. The second kappa shape index (κ2) is 8.55. The summed E-state index contributed by atoms with van der Waals surface area (Å²) in [5.41, 5.74) is 5.35. The van der Waals surface area contributed by atoms with Crippen molar-refractivity contribution in [3.05, 3.63) is 95.0 Å². The molecule has 5 nitrogen and oxygen atoms in total. The fraction of sp³-hybridized carbons (Fsp3) is 0.174. The maximum absolute atomic E-state index is 5.94. The molecular weight excluding hydrogens is 382 g/mol. The van der Waals surface area contributed by atoms with Crippen LogP contribution >= 0.6 is 11.6 Å². The first-order chi connectivity index (χ1) is 14.1. The van der Waals surface area contributed by atoms with E-state index in [1.165, 1.54) is 5.56 Å². The van der Waals surface area contributed by atoms with Gasteiger partial charge in [0.2, 0.25) is 0 Å². The summed E-state index contributed by atoms with van der Waals surface area (Å²) in [7, 11) is 0. The molecule has 1 atom stereocenters. The molecule has 0 fully saturated rings. The minimum Gasteiger partial charge on any atom is -0.306 e. The Kier molecular flexibility index (Phi) is 5.69. The van der Waals surface area contributed by atoms with Gasteiger partial charge in [-0.3, -0.25) is 0 Å². The number of nitrogens with one attached hydrogen (secondary N) is 1. The van der Waals surface area contributed by atoms with E-state index in [9.17, 15) is 0 Å². The highest BCUT2D eigenvalue weighted by molar-refractivity contribution is 6.30. The highest BCUT2D eigenvalue weighted by atomic mass is 35.5. The number of benzene rings is 2. The average Bonchev–Trinajstić information content (AvgIpc) is 3.15. The van der Waals surface area contributed by atoms with Gasteiger partial charge in [0.1, 0.15) is 0 Å². The first kappa shape index (κ1) is 19.3. The molecule has 0 spiro atoms. The molecule has 29 heavy (non-hydrogen) atoms. The zero-order chi connectivity index (χ0) is 20.2. The van der Waals surface area contributed by atoms with Crippen molar-refractivity contribution in [3.63, 3.8) is 0 Å². The van der Waals surface area contributed by atoms with Crippen LogP contribution in [0.1, 0.15) is 29.8 Å². The molecule has 0 bridgehead atoms. The molecule has 0 aliphatic carbocycles. The van der Waals surface area contributed by atoms with Gasteiger partial charge in [-0.1, -0.05) is 29.8 Å². The smallest absolute Gasteiger partial charge is 0.159 e. The molecule has 0 saturated carbocycles. The third-order valence-corrected chi connectivity index (χ3v) is 5.19. The van der Waals surface area contributed by atoms with E-state index in [0.29, 0.717) is 17.4 Å². The van der Waals surface area contributed by atoms with Gasteiger partial charge in [-0.05, 0) is 50.2 Å². The molecule has 146 valence electrons. The van der Waals surface area contributed by atoms with Gasteiger partial charge >= 0.3 is 0 Å². The predicted molar refractivity (Wildman–Crippen MR) is 116 cm³/mol. The summed E-state index contributed by atoms with van der Waals surface area (Å²) >= 11 is 5.94. The number of aromatic nitrogens is 4. The summed E-state index contributed by atoms with van der Waals surface area (Å²) < 4.78 is 1.97. The standard InChI is InChI=1S/C23H22ClN5/c1-16(22-15-28-29(17(22)2)21-6-4-3-5-7-21)25-12-18-13-26-23(27-14-18)19-8-10-20(24)11-9-19/h3-11,13-16,25H,12H2,1-2H3/t16-/m1/s1. The van der Waals surface area contributed by atoms with Crippen molar-refractivity contribution < 1.29 is 0 Å². The molecule has 0 unspecified atom stereocenters. The summed E-state index contributed by atoms with van der Waals surface area (Å²) in [6.45, 7) is 4.91. The van der Waals surface area contributed by atoms with E-state index in [4.69, 9.17) is 11.6 Å². The Morgan fingerprint density at radius 2 is 1.66 bits per heavy atom. The molecule has 2 heterocycles. The lowest BCUT2D eigenvalue weighted by molar-refractivity contribution is 0.570. The molecule has 0 saturated heterocycles. The van der Waals surface area contributed by atoms with Crippen LogP contribution in [0.2, 0.25) is 5.02 Å². The first-order valence-electron chi connectivity index (χ1n) is 9.52. The van der Waals surface area contributed by atoms with Gasteiger partial charge in [0, 0.05) is 52.4 Å². The Morgan fingerprint density at radius 1 is 0.966 bits per heavy atom. The fourth-order valence-electron chi connectivity index (χ4n) is 3.25. The lowest BCUT2D eigenvalue weighted by atomic mass is 10.1. The molecule has 2 aromatic carbocycles. The number of hydrogen-bond acceptors (Lipinski definition) is 4. The quantitative estimate of drug-likeness (QED) is 0.484. The van der Waals surface area contributed by atoms with Crippen molar-refractivity contribution in [3.8, 4) is 17.1 Å². The van der Waals surface area contributed by atoms with Gasteiger partial charge in [-0.15, -0.1) is 0 Å². The summed E-state index contributed by atoms with van der Waals surface area (Å²) in [6.07, 6.45) is 5.65. The average molecular weight is 404 g/mol. The summed E-state index contributed by atoms with van der Waals surface area (Å²) in [6, 6.07) is 17.8. The first-order valence-corrected chi connectivity index (χ1v) is 9.90. The number of hydrogen-bond donors (Lipinski definition) is 1. The van der Waals surface area contributed by atoms with E-state index >= 15 is 0 Å². The Labute approximate surface area is 175 Å². The molecular formula is C23H22ClN5. The topological polar surface area (TPSA) is 55.6 Å².